The van der Waals surface area contributed by atoms with Gasteiger partial charge in [-0.1, -0.05) is 0 Å². The third-order valence-electron chi connectivity index (χ3n) is 3.39. The Balaban J connectivity index is 2.20. The van der Waals surface area contributed by atoms with E-state index in [0.717, 1.165) is 30.3 Å². The van der Waals surface area contributed by atoms with Crippen LogP contribution in [0.15, 0.2) is 30.6 Å². The number of aromatic nitrogens is 2. The summed E-state index contributed by atoms with van der Waals surface area (Å²) in [4.78, 5) is 21.6. The summed E-state index contributed by atoms with van der Waals surface area (Å²) in [6.07, 6.45) is 1.50. The number of hydrogen-bond donors (Lipinski definition) is 3. The van der Waals surface area contributed by atoms with Crippen LogP contribution in [0.4, 0.5) is 28.7 Å². The number of carbonyl (C=O) groups excluding carboxylic acids is 1. The van der Waals surface area contributed by atoms with Gasteiger partial charge in [0.1, 0.15) is 12.0 Å². The number of rotatable bonds is 6. The van der Waals surface area contributed by atoms with Gasteiger partial charge in [0, 0.05) is 31.4 Å². The van der Waals surface area contributed by atoms with Crippen molar-refractivity contribution < 1.29 is 4.79 Å². The van der Waals surface area contributed by atoms with Gasteiger partial charge in [-0.15, -0.1) is 0 Å². The summed E-state index contributed by atoms with van der Waals surface area (Å²) < 4.78 is 0. The zero-order valence-electron chi connectivity index (χ0n) is 13.6. The van der Waals surface area contributed by atoms with Crippen LogP contribution in [0.25, 0.3) is 0 Å². The van der Waals surface area contributed by atoms with Crippen LogP contribution in [-0.4, -0.2) is 29.0 Å². The molecule has 0 aliphatic rings. The number of hydrogen-bond acceptors (Lipinski definition) is 6. The molecule has 1 aromatic carbocycles. The fourth-order valence-corrected chi connectivity index (χ4v) is 2.24. The van der Waals surface area contributed by atoms with Crippen molar-refractivity contribution >= 4 is 34.6 Å². The summed E-state index contributed by atoms with van der Waals surface area (Å²) in [6.45, 7) is 7.23. The fourth-order valence-electron chi connectivity index (χ4n) is 2.24. The summed E-state index contributed by atoms with van der Waals surface area (Å²) in [7, 11) is 0. The maximum atomic E-state index is 11.0. The van der Waals surface area contributed by atoms with Gasteiger partial charge in [0.15, 0.2) is 11.6 Å². The number of nitrogens with zero attached hydrogens (tertiary/aromatic N) is 3. The second-order valence-corrected chi connectivity index (χ2v) is 5.02. The van der Waals surface area contributed by atoms with E-state index < -0.39 is 0 Å². The topological polar surface area (TPSA) is 96.2 Å². The second-order valence-electron chi connectivity index (χ2n) is 5.02. The monoisotopic (exact) mass is 314 g/mol. The number of anilines is 5. The molecular formula is C16H22N6O. The van der Waals surface area contributed by atoms with Gasteiger partial charge >= 0.3 is 0 Å². The summed E-state index contributed by atoms with van der Waals surface area (Å²) in [6, 6.07) is 7.33. The predicted octanol–water partition coefficient (Wildman–Crippen LogP) is 2.61. The van der Waals surface area contributed by atoms with E-state index in [4.69, 9.17) is 5.73 Å². The molecule has 0 spiro atoms. The molecule has 7 heteroatoms. The molecule has 23 heavy (non-hydrogen) atoms. The molecule has 0 saturated heterocycles. The molecule has 7 nitrogen and oxygen atoms in total. The van der Waals surface area contributed by atoms with Crippen LogP contribution in [0.2, 0.25) is 0 Å². The molecule has 4 N–H and O–H groups in total. The van der Waals surface area contributed by atoms with E-state index in [1.807, 2.05) is 24.3 Å². The molecule has 122 valence electrons. The SMILES string of the molecule is CCN(CC)c1ncnc(Nc2ccc(NC(C)=O)cc2)c1N. The van der Waals surface area contributed by atoms with Gasteiger partial charge in [0.2, 0.25) is 5.91 Å². The Morgan fingerprint density at radius 2 is 1.74 bits per heavy atom. The highest BCUT2D eigenvalue weighted by Crippen LogP contribution is 2.28. The van der Waals surface area contributed by atoms with Crippen LogP contribution in [0.3, 0.4) is 0 Å². The van der Waals surface area contributed by atoms with Crippen molar-refractivity contribution in [2.75, 3.05) is 34.4 Å². The van der Waals surface area contributed by atoms with Crippen LogP contribution in [0.1, 0.15) is 20.8 Å². The molecule has 1 amide bonds. The van der Waals surface area contributed by atoms with E-state index in [1.54, 1.807) is 0 Å². The lowest BCUT2D eigenvalue weighted by Gasteiger charge is -2.22. The van der Waals surface area contributed by atoms with E-state index in [0.29, 0.717) is 11.5 Å². The van der Waals surface area contributed by atoms with Crippen molar-refractivity contribution in [2.45, 2.75) is 20.8 Å². The lowest BCUT2D eigenvalue weighted by molar-refractivity contribution is -0.114. The molecule has 0 fully saturated rings. The minimum atomic E-state index is -0.102. The van der Waals surface area contributed by atoms with Crippen LogP contribution in [-0.2, 0) is 4.79 Å². The number of nitrogens with one attached hydrogen (secondary N) is 2. The largest absolute Gasteiger partial charge is 0.393 e. The van der Waals surface area contributed by atoms with E-state index in [-0.39, 0.29) is 5.91 Å². The van der Waals surface area contributed by atoms with Gasteiger partial charge in [-0.2, -0.15) is 0 Å². The molecule has 0 unspecified atom stereocenters. The zero-order valence-corrected chi connectivity index (χ0v) is 13.6. The molecule has 1 heterocycles. The Morgan fingerprint density at radius 1 is 1.13 bits per heavy atom. The Kier molecular flexibility index (Phi) is 5.35. The number of nitrogen functional groups attached to an aromatic ring is 1. The second kappa shape index (κ2) is 7.44. The minimum absolute atomic E-state index is 0.102. The van der Waals surface area contributed by atoms with Crippen molar-refractivity contribution in [1.82, 2.24) is 9.97 Å². The quantitative estimate of drug-likeness (QED) is 0.758. The summed E-state index contributed by atoms with van der Waals surface area (Å²) in [5.41, 5.74) is 8.28. The molecule has 0 bridgehead atoms. The van der Waals surface area contributed by atoms with Crippen LogP contribution >= 0.6 is 0 Å². The summed E-state index contributed by atoms with van der Waals surface area (Å²) in [5, 5.41) is 5.90. The van der Waals surface area contributed by atoms with Crippen molar-refractivity contribution in [3.63, 3.8) is 0 Å². The van der Waals surface area contributed by atoms with Crippen molar-refractivity contribution in [3.8, 4) is 0 Å². The number of carbonyl (C=O) groups is 1. The van der Waals surface area contributed by atoms with Gasteiger partial charge in [-0.3, -0.25) is 4.79 Å². The molecule has 0 aliphatic carbocycles. The highest BCUT2D eigenvalue weighted by molar-refractivity contribution is 5.89. The highest BCUT2D eigenvalue weighted by Gasteiger charge is 2.12. The standard InChI is InChI=1S/C16H22N6O/c1-4-22(5-2)16-14(17)15(18-10-19-16)21-13-8-6-12(7-9-13)20-11(3)23/h6-10H,4-5,17H2,1-3H3,(H,20,23)(H,18,19,21). The molecule has 1 aromatic heterocycles. The maximum absolute atomic E-state index is 11.0. The van der Waals surface area contributed by atoms with Gasteiger partial charge in [0.05, 0.1) is 0 Å². The normalized spacial score (nSPS) is 10.2. The first kappa shape index (κ1) is 16.5. The molecule has 0 saturated carbocycles. The van der Waals surface area contributed by atoms with Crippen LogP contribution in [0, 0.1) is 0 Å². The molecule has 0 radical (unpaired) electrons. The van der Waals surface area contributed by atoms with E-state index in [2.05, 4.69) is 39.3 Å². The Morgan fingerprint density at radius 3 is 2.30 bits per heavy atom. The van der Waals surface area contributed by atoms with Gasteiger partial charge < -0.3 is 21.3 Å². The molecule has 2 rings (SSSR count). The molecule has 2 aromatic rings. The Bertz CT molecular complexity index is 667. The predicted molar refractivity (Wildman–Crippen MR) is 94.0 cm³/mol. The third-order valence-corrected chi connectivity index (χ3v) is 3.39. The number of amides is 1. The lowest BCUT2D eigenvalue weighted by Crippen LogP contribution is -2.24. The summed E-state index contributed by atoms with van der Waals surface area (Å²) >= 11 is 0. The summed E-state index contributed by atoms with van der Waals surface area (Å²) in [5.74, 6) is 1.19. The molecular weight excluding hydrogens is 292 g/mol. The van der Waals surface area contributed by atoms with Crippen molar-refractivity contribution in [2.24, 2.45) is 0 Å². The van der Waals surface area contributed by atoms with Gasteiger partial charge in [-0.05, 0) is 38.1 Å². The van der Waals surface area contributed by atoms with Gasteiger partial charge in [-0.25, -0.2) is 9.97 Å². The first-order valence-electron chi connectivity index (χ1n) is 7.55. The molecule has 0 atom stereocenters. The van der Waals surface area contributed by atoms with Crippen molar-refractivity contribution in [3.05, 3.63) is 30.6 Å². The minimum Gasteiger partial charge on any atom is -0.393 e. The van der Waals surface area contributed by atoms with Gasteiger partial charge in [0.25, 0.3) is 0 Å². The number of nitrogens with two attached hydrogens (primary N) is 1. The Labute approximate surface area is 135 Å². The van der Waals surface area contributed by atoms with Crippen molar-refractivity contribution in [1.29, 1.82) is 0 Å². The lowest BCUT2D eigenvalue weighted by atomic mass is 10.2. The van der Waals surface area contributed by atoms with E-state index in [1.165, 1.54) is 13.3 Å². The van der Waals surface area contributed by atoms with E-state index in [9.17, 15) is 4.79 Å². The zero-order chi connectivity index (χ0) is 16.8. The first-order valence-corrected chi connectivity index (χ1v) is 7.55. The van der Waals surface area contributed by atoms with Crippen LogP contribution in [0.5, 0.6) is 0 Å². The number of benzene rings is 1. The Hall–Kier alpha value is -2.83. The third kappa shape index (κ3) is 4.09. The first-order chi connectivity index (χ1) is 11.0. The maximum Gasteiger partial charge on any atom is 0.221 e. The highest BCUT2D eigenvalue weighted by atomic mass is 16.1. The average molecular weight is 314 g/mol. The van der Waals surface area contributed by atoms with E-state index >= 15 is 0 Å². The average Bonchev–Trinajstić information content (AvgIpc) is 2.53. The molecule has 0 aliphatic heterocycles. The van der Waals surface area contributed by atoms with Crippen LogP contribution < -0.4 is 21.3 Å². The fraction of sp³-hybridized carbons (Fsp3) is 0.312. The smallest absolute Gasteiger partial charge is 0.221 e.